The molecule has 0 radical (unpaired) electrons. The number of aromatic nitrogens is 1. The van der Waals surface area contributed by atoms with Gasteiger partial charge in [-0.15, -0.1) is 0 Å². The minimum atomic E-state index is -0.869. The zero-order valence-corrected chi connectivity index (χ0v) is 15.3. The van der Waals surface area contributed by atoms with Gasteiger partial charge in [-0.2, -0.15) is 0 Å². The van der Waals surface area contributed by atoms with E-state index in [1.165, 1.54) is 0 Å². The fourth-order valence-corrected chi connectivity index (χ4v) is 3.00. The molecule has 0 fully saturated rings. The van der Waals surface area contributed by atoms with Gasteiger partial charge in [0.2, 0.25) is 12.7 Å². The topological polar surface area (TPSA) is 91.0 Å². The number of carboxylic acids is 1. The van der Waals surface area contributed by atoms with Gasteiger partial charge in [-0.25, -0.2) is 4.98 Å². The highest BCUT2D eigenvalue weighted by Gasteiger charge is 2.17. The maximum atomic E-state index is 10.8. The molecule has 2 heterocycles. The van der Waals surface area contributed by atoms with Crippen LogP contribution in [-0.4, -0.2) is 29.5 Å². The fourth-order valence-electron chi connectivity index (χ4n) is 3.00. The Morgan fingerprint density at radius 3 is 2.89 bits per heavy atom. The van der Waals surface area contributed by atoms with Crippen molar-refractivity contribution in [3.63, 3.8) is 0 Å². The van der Waals surface area contributed by atoms with Crippen molar-refractivity contribution in [2.75, 3.05) is 13.4 Å². The summed E-state index contributed by atoms with van der Waals surface area (Å²) in [7, 11) is 0. The lowest BCUT2D eigenvalue weighted by Crippen LogP contribution is -2.04. The minimum absolute atomic E-state index is 0.0293. The van der Waals surface area contributed by atoms with Crippen molar-refractivity contribution >= 4 is 5.97 Å². The average molecular weight is 381 g/mol. The van der Waals surface area contributed by atoms with E-state index in [0.29, 0.717) is 41.7 Å². The molecular weight excluding hydrogens is 362 g/mol. The first kappa shape index (κ1) is 17.9. The van der Waals surface area contributed by atoms with Crippen molar-refractivity contribution in [2.45, 2.75) is 19.8 Å². The number of rotatable bonds is 7. The Hall–Kier alpha value is -3.48. The van der Waals surface area contributed by atoms with Crippen LogP contribution >= 0.6 is 0 Å². The van der Waals surface area contributed by atoms with E-state index >= 15 is 0 Å². The molecule has 0 saturated carbocycles. The number of hydrogen-bond donors (Lipinski definition) is 1. The van der Waals surface area contributed by atoms with Gasteiger partial charge in [0.15, 0.2) is 11.5 Å². The maximum Gasteiger partial charge on any atom is 0.307 e. The number of oxazole rings is 1. The summed E-state index contributed by atoms with van der Waals surface area (Å²) in [5, 5.41) is 8.89. The number of hydrogen-bond acceptors (Lipinski definition) is 6. The summed E-state index contributed by atoms with van der Waals surface area (Å²) < 4.78 is 22.3. The van der Waals surface area contributed by atoms with Crippen molar-refractivity contribution in [1.82, 2.24) is 4.98 Å². The molecule has 1 N–H and O–H groups in total. The van der Waals surface area contributed by atoms with Crippen LogP contribution in [0.1, 0.15) is 17.0 Å². The molecule has 0 spiro atoms. The number of aliphatic carboxylic acids is 1. The summed E-state index contributed by atoms with van der Waals surface area (Å²) in [4.78, 5) is 15.4. The molecule has 0 saturated heterocycles. The predicted molar refractivity (Wildman–Crippen MR) is 99.8 cm³/mol. The Kier molecular flexibility index (Phi) is 4.89. The molecule has 0 atom stereocenters. The Morgan fingerprint density at radius 1 is 1.18 bits per heavy atom. The van der Waals surface area contributed by atoms with E-state index in [9.17, 15) is 4.79 Å². The van der Waals surface area contributed by atoms with Crippen LogP contribution < -0.4 is 14.2 Å². The van der Waals surface area contributed by atoms with Crippen LogP contribution in [0.4, 0.5) is 0 Å². The maximum absolute atomic E-state index is 10.8. The van der Waals surface area contributed by atoms with E-state index < -0.39 is 5.97 Å². The first-order valence-corrected chi connectivity index (χ1v) is 8.88. The van der Waals surface area contributed by atoms with Gasteiger partial charge in [0.05, 0.1) is 18.7 Å². The summed E-state index contributed by atoms with van der Waals surface area (Å²) in [5.74, 6) is 2.41. The van der Waals surface area contributed by atoms with Gasteiger partial charge in [0.1, 0.15) is 11.5 Å². The molecule has 0 amide bonds. The highest BCUT2D eigenvalue weighted by molar-refractivity contribution is 5.70. The molecule has 7 nitrogen and oxygen atoms in total. The van der Waals surface area contributed by atoms with Gasteiger partial charge in [-0.05, 0) is 42.8 Å². The number of aryl methyl sites for hydroxylation is 1. The van der Waals surface area contributed by atoms with Crippen molar-refractivity contribution in [1.29, 1.82) is 0 Å². The van der Waals surface area contributed by atoms with Crippen molar-refractivity contribution in [3.8, 4) is 28.7 Å². The standard InChI is InChI=1S/C21H19NO6/c1-13-17(7-8-25-16-4-2-3-14(9-16)10-20(23)24)22-21(28-13)15-5-6-18-19(11-15)27-12-26-18/h2-6,9,11H,7-8,10,12H2,1H3,(H,23,24). The number of fused-ring (bicyclic) bond motifs is 1. The monoisotopic (exact) mass is 381 g/mol. The number of benzene rings is 2. The molecule has 1 aliphatic heterocycles. The van der Waals surface area contributed by atoms with E-state index in [0.717, 1.165) is 17.0 Å². The number of carboxylic acid groups (broad SMARTS) is 1. The second-order valence-corrected chi connectivity index (χ2v) is 6.41. The molecule has 0 unspecified atom stereocenters. The second kappa shape index (κ2) is 7.64. The third kappa shape index (κ3) is 3.93. The molecular formula is C21H19NO6. The van der Waals surface area contributed by atoms with Gasteiger partial charge < -0.3 is 23.7 Å². The molecule has 0 bridgehead atoms. The van der Waals surface area contributed by atoms with Crippen LogP contribution in [0.3, 0.4) is 0 Å². The predicted octanol–water partition coefficient (Wildman–Crippen LogP) is 3.63. The summed E-state index contributed by atoms with van der Waals surface area (Å²) in [6.45, 7) is 2.50. The minimum Gasteiger partial charge on any atom is -0.493 e. The first-order chi connectivity index (χ1) is 13.6. The molecule has 3 aromatic rings. The molecule has 1 aliphatic rings. The quantitative estimate of drug-likeness (QED) is 0.668. The number of ether oxygens (including phenoxy) is 3. The third-order valence-corrected chi connectivity index (χ3v) is 4.37. The van der Waals surface area contributed by atoms with Crippen LogP contribution in [0.2, 0.25) is 0 Å². The van der Waals surface area contributed by atoms with E-state index in [1.54, 1.807) is 24.3 Å². The molecule has 144 valence electrons. The smallest absolute Gasteiger partial charge is 0.307 e. The Morgan fingerprint density at radius 2 is 2.04 bits per heavy atom. The largest absolute Gasteiger partial charge is 0.493 e. The third-order valence-electron chi connectivity index (χ3n) is 4.37. The second-order valence-electron chi connectivity index (χ2n) is 6.41. The Labute approximate surface area is 161 Å². The van der Waals surface area contributed by atoms with Crippen molar-refractivity contribution < 1.29 is 28.5 Å². The zero-order valence-electron chi connectivity index (χ0n) is 15.3. The molecule has 7 heteroatoms. The lowest BCUT2D eigenvalue weighted by molar-refractivity contribution is -0.136. The Balaban J connectivity index is 1.40. The summed E-state index contributed by atoms with van der Waals surface area (Å²) in [5.41, 5.74) is 2.34. The van der Waals surface area contributed by atoms with Gasteiger partial charge in [-0.1, -0.05) is 12.1 Å². The summed E-state index contributed by atoms with van der Waals surface area (Å²) in [6.07, 6.45) is 0.543. The Bertz CT molecular complexity index is 1010. The van der Waals surface area contributed by atoms with Crippen LogP contribution in [0.25, 0.3) is 11.5 Å². The molecule has 28 heavy (non-hydrogen) atoms. The SMILES string of the molecule is Cc1oc(-c2ccc3c(c2)OCO3)nc1CCOc1cccc(CC(=O)O)c1. The fraction of sp³-hybridized carbons (Fsp3) is 0.238. The van der Waals surface area contributed by atoms with Crippen LogP contribution in [0.15, 0.2) is 46.9 Å². The van der Waals surface area contributed by atoms with Gasteiger partial charge in [0.25, 0.3) is 0 Å². The first-order valence-electron chi connectivity index (χ1n) is 8.88. The zero-order chi connectivity index (χ0) is 19.5. The summed E-state index contributed by atoms with van der Waals surface area (Å²) in [6, 6.07) is 12.7. The van der Waals surface area contributed by atoms with Crippen molar-refractivity contribution in [2.24, 2.45) is 0 Å². The van der Waals surface area contributed by atoms with Gasteiger partial charge in [-0.3, -0.25) is 4.79 Å². The number of carbonyl (C=O) groups is 1. The molecule has 0 aliphatic carbocycles. The van der Waals surface area contributed by atoms with Crippen molar-refractivity contribution in [3.05, 3.63) is 59.5 Å². The average Bonchev–Trinajstić information content (AvgIpc) is 3.27. The van der Waals surface area contributed by atoms with Gasteiger partial charge >= 0.3 is 5.97 Å². The van der Waals surface area contributed by atoms with E-state index in [4.69, 9.17) is 23.7 Å². The molecule has 1 aromatic heterocycles. The summed E-state index contributed by atoms with van der Waals surface area (Å²) >= 11 is 0. The lowest BCUT2D eigenvalue weighted by Gasteiger charge is -2.06. The van der Waals surface area contributed by atoms with E-state index in [1.807, 2.05) is 25.1 Å². The molecule has 2 aromatic carbocycles. The number of nitrogens with zero attached hydrogens (tertiary/aromatic N) is 1. The highest BCUT2D eigenvalue weighted by Crippen LogP contribution is 2.36. The van der Waals surface area contributed by atoms with Crippen LogP contribution in [0, 0.1) is 6.92 Å². The van der Waals surface area contributed by atoms with Crippen LogP contribution in [0.5, 0.6) is 17.2 Å². The lowest BCUT2D eigenvalue weighted by atomic mass is 10.1. The molecule has 4 rings (SSSR count). The van der Waals surface area contributed by atoms with Gasteiger partial charge in [0, 0.05) is 12.0 Å². The normalized spacial score (nSPS) is 12.2. The highest BCUT2D eigenvalue weighted by atomic mass is 16.7. The van der Waals surface area contributed by atoms with E-state index in [2.05, 4.69) is 4.98 Å². The van der Waals surface area contributed by atoms with Crippen LogP contribution in [-0.2, 0) is 17.6 Å². The van der Waals surface area contributed by atoms with E-state index in [-0.39, 0.29) is 13.2 Å².